The van der Waals surface area contributed by atoms with Crippen molar-refractivity contribution < 1.29 is 0 Å². The summed E-state index contributed by atoms with van der Waals surface area (Å²) < 4.78 is 0. The van der Waals surface area contributed by atoms with Crippen molar-refractivity contribution >= 4 is 22.7 Å². The first-order chi connectivity index (χ1) is 7.79. The summed E-state index contributed by atoms with van der Waals surface area (Å²) >= 11 is 3.65. The summed E-state index contributed by atoms with van der Waals surface area (Å²) in [5.41, 5.74) is 1.36. The van der Waals surface area contributed by atoms with Gasteiger partial charge >= 0.3 is 0 Å². The Bertz CT molecular complexity index is 417. The van der Waals surface area contributed by atoms with E-state index in [0.717, 1.165) is 6.54 Å². The van der Waals surface area contributed by atoms with Crippen LogP contribution in [0.1, 0.15) is 25.1 Å². The van der Waals surface area contributed by atoms with E-state index in [2.05, 4.69) is 48.1 Å². The monoisotopic (exact) mass is 251 g/mol. The molecule has 1 N–H and O–H groups in total. The quantitative estimate of drug-likeness (QED) is 0.832. The first-order valence-electron chi connectivity index (χ1n) is 5.64. The van der Waals surface area contributed by atoms with E-state index < -0.39 is 0 Å². The van der Waals surface area contributed by atoms with Crippen LogP contribution in [0.15, 0.2) is 29.0 Å². The molecule has 86 valence electrons. The fourth-order valence-corrected chi connectivity index (χ4v) is 3.09. The smallest absolute Gasteiger partial charge is 0.0351 e. The first kappa shape index (κ1) is 11.8. The molecule has 16 heavy (non-hydrogen) atoms. The van der Waals surface area contributed by atoms with Gasteiger partial charge in [-0.05, 0) is 36.2 Å². The number of hydrogen-bond donors (Lipinski definition) is 1. The maximum absolute atomic E-state index is 3.52. The highest BCUT2D eigenvalue weighted by Crippen LogP contribution is 2.29. The fourth-order valence-electron chi connectivity index (χ4n) is 1.46. The average Bonchev–Trinajstić information content (AvgIpc) is 2.95. The van der Waals surface area contributed by atoms with Crippen molar-refractivity contribution in [1.82, 2.24) is 5.32 Å². The molecule has 0 saturated carbocycles. The molecular weight excluding hydrogens is 234 g/mol. The Kier molecular flexibility index (Phi) is 4.16. The number of thiophene rings is 2. The zero-order chi connectivity index (χ0) is 11.4. The molecule has 0 aliphatic heterocycles. The maximum Gasteiger partial charge on any atom is 0.0351 e. The second-order valence-corrected chi connectivity index (χ2v) is 5.91. The molecule has 2 rings (SSSR count). The van der Waals surface area contributed by atoms with Gasteiger partial charge in [-0.15, -0.1) is 22.7 Å². The molecule has 0 aliphatic carbocycles. The zero-order valence-electron chi connectivity index (χ0n) is 9.69. The molecule has 2 heterocycles. The SMILES string of the molecule is CCC(C)NCc1cc(-c2cccs2)cs1. The fraction of sp³-hybridized carbons (Fsp3) is 0.385. The molecule has 0 fully saturated rings. The van der Waals surface area contributed by atoms with E-state index in [9.17, 15) is 0 Å². The van der Waals surface area contributed by atoms with Gasteiger partial charge in [0.05, 0.1) is 0 Å². The first-order valence-corrected chi connectivity index (χ1v) is 7.40. The summed E-state index contributed by atoms with van der Waals surface area (Å²) in [5.74, 6) is 0. The Hall–Kier alpha value is -0.640. The number of hydrogen-bond acceptors (Lipinski definition) is 3. The van der Waals surface area contributed by atoms with Gasteiger partial charge in [0.25, 0.3) is 0 Å². The minimum atomic E-state index is 0.604. The molecule has 2 aromatic heterocycles. The normalized spacial score (nSPS) is 12.9. The van der Waals surface area contributed by atoms with E-state index >= 15 is 0 Å². The third-order valence-corrected chi connectivity index (χ3v) is 4.55. The molecular formula is C13H17NS2. The van der Waals surface area contributed by atoms with Gasteiger partial charge in [0, 0.05) is 27.9 Å². The van der Waals surface area contributed by atoms with Gasteiger partial charge in [-0.1, -0.05) is 13.0 Å². The molecule has 1 unspecified atom stereocenters. The van der Waals surface area contributed by atoms with Crippen LogP contribution in [0.3, 0.4) is 0 Å². The van der Waals surface area contributed by atoms with E-state index in [1.54, 1.807) is 11.3 Å². The van der Waals surface area contributed by atoms with Crippen molar-refractivity contribution in [2.75, 3.05) is 0 Å². The molecule has 0 amide bonds. The lowest BCUT2D eigenvalue weighted by molar-refractivity contribution is 0.537. The zero-order valence-corrected chi connectivity index (χ0v) is 11.3. The van der Waals surface area contributed by atoms with E-state index in [4.69, 9.17) is 0 Å². The highest BCUT2D eigenvalue weighted by Gasteiger charge is 2.04. The molecule has 1 nitrogen and oxygen atoms in total. The highest BCUT2D eigenvalue weighted by atomic mass is 32.1. The molecule has 0 aromatic carbocycles. The van der Waals surface area contributed by atoms with Crippen molar-refractivity contribution in [3.8, 4) is 10.4 Å². The van der Waals surface area contributed by atoms with Crippen LogP contribution in [0.5, 0.6) is 0 Å². The van der Waals surface area contributed by atoms with Gasteiger partial charge in [0.1, 0.15) is 0 Å². The second kappa shape index (κ2) is 5.62. The molecule has 0 saturated heterocycles. The molecule has 2 aromatic rings. The van der Waals surface area contributed by atoms with Gasteiger partial charge in [0.2, 0.25) is 0 Å². The molecule has 0 aliphatic rings. The van der Waals surface area contributed by atoms with E-state index in [1.165, 1.54) is 21.7 Å². The summed E-state index contributed by atoms with van der Waals surface area (Å²) in [4.78, 5) is 2.79. The predicted molar refractivity (Wildman–Crippen MR) is 74.2 cm³/mol. The lowest BCUT2D eigenvalue weighted by atomic mass is 10.2. The Morgan fingerprint density at radius 3 is 2.94 bits per heavy atom. The third kappa shape index (κ3) is 2.94. The molecule has 3 heteroatoms. The van der Waals surface area contributed by atoms with Crippen LogP contribution < -0.4 is 5.32 Å². The Morgan fingerprint density at radius 2 is 2.25 bits per heavy atom. The number of rotatable bonds is 5. The summed E-state index contributed by atoms with van der Waals surface area (Å²) in [5, 5.41) is 7.90. The van der Waals surface area contributed by atoms with Crippen LogP contribution in [0.4, 0.5) is 0 Å². The van der Waals surface area contributed by atoms with Crippen molar-refractivity contribution in [3.63, 3.8) is 0 Å². The van der Waals surface area contributed by atoms with Crippen LogP contribution in [0, 0.1) is 0 Å². The largest absolute Gasteiger partial charge is 0.309 e. The van der Waals surface area contributed by atoms with Crippen molar-refractivity contribution in [3.05, 3.63) is 33.8 Å². The predicted octanol–water partition coefficient (Wildman–Crippen LogP) is 4.36. The van der Waals surface area contributed by atoms with E-state index in [0.29, 0.717) is 6.04 Å². The Morgan fingerprint density at radius 1 is 1.38 bits per heavy atom. The summed E-state index contributed by atoms with van der Waals surface area (Å²) in [7, 11) is 0. The standard InChI is InChI=1S/C13H17NS2/c1-3-10(2)14-8-12-7-11(9-16-12)13-5-4-6-15-13/h4-7,9-10,14H,3,8H2,1-2H3. The van der Waals surface area contributed by atoms with Crippen LogP contribution in [0.2, 0.25) is 0 Å². The van der Waals surface area contributed by atoms with Crippen LogP contribution >= 0.6 is 22.7 Å². The topological polar surface area (TPSA) is 12.0 Å². The van der Waals surface area contributed by atoms with Crippen molar-refractivity contribution in [2.45, 2.75) is 32.9 Å². The van der Waals surface area contributed by atoms with Crippen LogP contribution in [0.25, 0.3) is 10.4 Å². The summed E-state index contributed by atoms with van der Waals surface area (Å²) in [6.07, 6.45) is 1.18. The van der Waals surface area contributed by atoms with Crippen molar-refractivity contribution in [1.29, 1.82) is 0 Å². The van der Waals surface area contributed by atoms with Gasteiger partial charge in [0.15, 0.2) is 0 Å². The van der Waals surface area contributed by atoms with E-state index in [-0.39, 0.29) is 0 Å². The summed E-state index contributed by atoms with van der Waals surface area (Å²) in [6, 6.07) is 7.19. The van der Waals surface area contributed by atoms with Gasteiger partial charge in [-0.2, -0.15) is 0 Å². The lowest BCUT2D eigenvalue weighted by Crippen LogP contribution is -2.23. The third-order valence-electron chi connectivity index (χ3n) is 2.70. The van der Waals surface area contributed by atoms with Crippen LogP contribution in [-0.2, 0) is 6.54 Å². The maximum atomic E-state index is 3.52. The molecule has 0 bridgehead atoms. The van der Waals surface area contributed by atoms with Crippen molar-refractivity contribution in [2.24, 2.45) is 0 Å². The van der Waals surface area contributed by atoms with Gasteiger partial charge < -0.3 is 5.32 Å². The second-order valence-electron chi connectivity index (χ2n) is 3.97. The minimum Gasteiger partial charge on any atom is -0.309 e. The molecule has 0 spiro atoms. The average molecular weight is 251 g/mol. The Balaban J connectivity index is 1.98. The number of nitrogens with one attached hydrogen (secondary N) is 1. The van der Waals surface area contributed by atoms with Gasteiger partial charge in [-0.3, -0.25) is 0 Å². The molecule has 0 radical (unpaired) electrons. The Labute approximate surface area is 105 Å². The minimum absolute atomic E-state index is 0.604. The lowest BCUT2D eigenvalue weighted by Gasteiger charge is -2.09. The van der Waals surface area contributed by atoms with E-state index in [1.807, 2.05) is 11.3 Å². The molecule has 1 atom stereocenters. The van der Waals surface area contributed by atoms with Crippen LogP contribution in [-0.4, -0.2) is 6.04 Å². The summed E-state index contributed by atoms with van der Waals surface area (Å²) in [6.45, 7) is 5.43. The highest BCUT2D eigenvalue weighted by molar-refractivity contribution is 7.14. The van der Waals surface area contributed by atoms with Gasteiger partial charge in [-0.25, -0.2) is 0 Å².